The summed E-state index contributed by atoms with van der Waals surface area (Å²) in [7, 11) is 1.36. The first-order chi connectivity index (χ1) is 15.1. The third-order valence-corrected chi connectivity index (χ3v) is 5.87. The third kappa shape index (κ3) is 4.20. The molecule has 174 valence electrons. The van der Waals surface area contributed by atoms with E-state index in [2.05, 4.69) is 0 Å². The number of carbonyl (C=O) groups excluding carboxylic acids is 1. The number of Topliss-reactive ketones (excluding diaryl/α,β-unsaturated/α-hetero) is 1. The van der Waals surface area contributed by atoms with Gasteiger partial charge in [-0.2, -0.15) is 0 Å². The average molecular weight is 468 g/mol. The van der Waals surface area contributed by atoms with Crippen LogP contribution in [0, 0.1) is 0 Å². The van der Waals surface area contributed by atoms with Crippen molar-refractivity contribution in [1.29, 1.82) is 0 Å². The molecule has 32 heavy (non-hydrogen) atoms. The van der Waals surface area contributed by atoms with Crippen LogP contribution in [0.15, 0.2) is 42.5 Å². The number of aliphatic hydroxyl groups excluding tert-OH is 3. The summed E-state index contributed by atoms with van der Waals surface area (Å²) in [5.74, 6) is -3.06. The molecule has 2 aromatic carbocycles. The van der Waals surface area contributed by atoms with Gasteiger partial charge in [0.15, 0.2) is 28.6 Å². The smallest absolute Gasteiger partial charge is 0.191 e. The number of carbonyl (C=O) groups is 1. The Morgan fingerprint density at radius 3 is 2.50 bits per heavy atom. The van der Waals surface area contributed by atoms with Crippen molar-refractivity contribution < 1.29 is 39.4 Å². The maximum absolute atomic E-state index is 13.3. The fourth-order valence-corrected chi connectivity index (χ4v) is 3.92. The Hall–Kier alpha value is -2.24. The summed E-state index contributed by atoms with van der Waals surface area (Å²) >= 11 is 6.35. The monoisotopic (exact) mass is 467 g/mol. The van der Waals surface area contributed by atoms with Crippen molar-refractivity contribution in [2.75, 3.05) is 13.7 Å². The van der Waals surface area contributed by atoms with Crippen molar-refractivity contribution in [1.82, 2.24) is 0 Å². The molecule has 0 spiro atoms. The molecule has 0 aromatic heterocycles. The molecule has 1 aliphatic heterocycles. The van der Waals surface area contributed by atoms with E-state index < -0.39 is 42.0 Å². The lowest BCUT2D eigenvalue weighted by atomic mass is 9.73. The van der Waals surface area contributed by atoms with Crippen LogP contribution >= 0.6 is 11.6 Å². The molecule has 5 atom stereocenters. The standard InChI is InChI=1S/C22H26ClNO8/c1-21(29)22(24,20(28)17(26)16(10-25)32-21)19(27)13-8-14(23)18(15(9-13)30-2)31-11-12-6-4-3-5-7-12/h3-9,16-17,20,25-26,28-29H,10-11,24H2,1-2H3/t16-,17-,20+,21+,22-/m1/s1. The highest BCUT2D eigenvalue weighted by Crippen LogP contribution is 2.41. The summed E-state index contributed by atoms with van der Waals surface area (Å²) in [5, 5.41) is 40.9. The van der Waals surface area contributed by atoms with Crippen LogP contribution in [-0.4, -0.2) is 69.6 Å². The van der Waals surface area contributed by atoms with Crippen LogP contribution < -0.4 is 15.2 Å². The Labute approximate surface area is 189 Å². The van der Waals surface area contributed by atoms with Crippen LogP contribution in [0.5, 0.6) is 11.5 Å². The van der Waals surface area contributed by atoms with Crippen molar-refractivity contribution in [2.45, 2.75) is 43.2 Å². The molecule has 0 unspecified atom stereocenters. The van der Waals surface area contributed by atoms with Gasteiger partial charge in [0.05, 0.1) is 18.7 Å². The van der Waals surface area contributed by atoms with E-state index in [1.54, 1.807) is 0 Å². The van der Waals surface area contributed by atoms with Crippen LogP contribution in [0.4, 0.5) is 0 Å². The van der Waals surface area contributed by atoms with Gasteiger partial charge < -0.3 is 40.4 Å². The lowest BCUT2D eigenvalue weighted by molar-refractivity contribution is -0.321. The molecule has 9 nitrogen and oxygen atoms in total. The first-order valence-corrected chi connectivity index (χ1v) is 10.2. The summed E-state index contributed by atoms with van der Waals surface area (Å²) in [5.41, 5.74) is 4.45. The summed E-state index contributed by atoms with van der Waals surface area (Å²) in [6.07, 6.45) is -5.01. The summed E-state index contributed by atoms with van der Waals surface area (Å²) < 4.78 is 16.3. The predicted octanol–water partition coefficient (Wildman–Crippen LogP) is 0.629. The van der Waals surface area contributed by atoms with Gasteiger partial charge >= 0.3 is 0 Å². The minimum Gasteiger partial charge on any atom is -0.493 e. The Morgan fingerprint density at radius 1 is 1.25 bits per heavy atom. The maximum Gasteiger partial charge on any atom is 0.191 e. The molecule has 10 heteroatoms. The van der Waals surface area contributed by atoms with E-state index in [4.69, 9.17) is 31.5 Å². The first-order valence-electron chi connectivity index (χ1n) is 9.82. The topological polar surface area (TPSA) is 152 Å². The fourth-order valence-electron chi connectivity index (χ4n) is 3.66. The quantitative estimate of drug-likeness (QED) is 0.369. The predicted molar refractivity (Wildman–Crippen MR) is 115 cm³/mol. The molecule has 1 heterocycles. The number of ketones is 1. The van der Waals surface area contributed by atoms with Crippen LogP contribution in [0.3, 0.4) is 0 Å². The Bertz CT molecular complexity index is 970. The number of aliphatic hydroxyl groups is 4. The van der Waals surface area contributed by atoms with Gasteiger partial charge in [0.1, 0.15) is 24.9 Å². The second-order valence-corrected chi connectivity index (χ2v) is 8.13. The van der Waals surface area contributed by atoms with E-state index in [9.17, 15) is 25.2 Å². The zero-order valence-electron chi connectivity index (χ0n) is 17.6. The van der Waals surface area contributed by atoms with E-state index in [0.29, 0.717) is 0 Å². The third-order valence-electron chi connectivity index (χ3n) is 5.59. The van der Waals surface area contributed by atoms with E-state index >= 15 is 0 Å². The number of hydrogen-bond donors (Lipinski definition) is 5. The lowest BCUT2D eigenvalue weighted by Crippen LogP contribution is -2.79. The van der Waals surface area contributed by atoms with Gasteiger partial charge in [-0.1, -0.05) is 41.9 Å². The Kier molecular flexibility index (Phi) is 7.11. The highest BCUT2D eigenvalue weighted by molar-refractivity contribution is 6.32. The second-order valence-electron chi connectivity index (χ2n) is 7.72. The van der Waals surface area contributed by atoms with E-state index in [1.807, 2.05) is 30.3 Å². The molecule has 0 saturated carbocycles. The van der Waals surface area contributed by atoms with Crippen molar-refractivity contribution >= 4 is 17.4 Å². The number of methoxy groups -OCH3 is 1. The molecular weight excluding hydrogens is 442 g/mol. The molecular formula is C22H26ClNO8. The van der Waals surface area contributed by atoms with Crippen molar-refractivity contribution in [3.8, 4) is 11.5 Å². The van der Waals surface area contributed by atoms with Gasteiger partial charge in [0.2, 0.25) is 0 Å². The molecule has 0 aliphatic carbocycles. The van der Waals surface area contributed by atoms with Crippen LogP contribution in [0.1, 0.15) is 22.8 Å². The maximum atomic E-state index is 13.3. The minimum atomic E-state index is -2.47. The van der Waals surface area contributed by atoms with Crippen molar-refractivity contribution in [2.24, 2.45) is 5.73 Å². The average Bonchev–Trinajstić information content (AvgIpc) is 2.79. The number of ether oxygens (including phenoxy) is 3. The largest absolute Gasteiger partial charge is 0.493 e. The molecule has 6 N–H and O–H groups in total. The molecule has 0 amide bonds. The summed E-state index contributed by atoms with van der Waals surface area (Å²) in [6, 6.07) is 11.9. The summed E-state index contributed by atoms with van der Waals surface area (Å²) in [4.78, 5) is 13.3. The SMILES string of the molecule is COc1cc(C(=O)[C@@]2(N)[C@@H](O)[C@H](O)[C@@H](CO)O[C@]2(C)O)cc(Cl)c1OCc1ccccc1. The first kappa shape index (κ1) is 24.4. The van der Waals surface area contributed by atoms with Gasteiger partial charge in [-0.25, -0.2) is 0 Å². The number of rotatable bonds is 7. The zero-order valence-corrected chi connectivity index (χ0v) is 18.3. The van der Waals surface area contributed by atoms with Crippen LogP contribution in [-0.2, 0) is 11.3 Å². The lowest BCUT2D eigenvalue weighted by Gasteiger charge is -2.51. The molecule has 1 fully saturated rings. The van der Waals surface area contributed by atoms with Crippen molar-refractivity contribution in [3.05, 3.63) is 58.6 Å². The normalized spacial score (nSPS) is 30.1. The zero-order chi connectivity index (χ0) is 23.7. The number of nitrogens with two attached hydrogens (primary N) is 1. The van der Waals surface area contributed by atoms with E-state index in [1.165, 1.54) is 19.2 Å². The van der Waals surface area contributed by atoms with E-state index in [-0.39, 0.29) is 28.7 Å². The fraction of sp³-hybridized carbons (Fsp3) is 0.409. The van der Waals surface area contributed by atoms with Crippen molar-refractivity contribution in [3.63, 3.8) is 0 Å². The van der Waals surface area contributed by atoms with Gasteiger partial charge in [-0.3, -0.25) is 4.79 Å². The van der Waals surface area contributed by atoms with Gasteiger partial charge in [-0.15, -0.1) is 0 Å². The molecule has 1 saturated heterocycles. The molecule has 1 aliphatic rings. The van der Waals surface area contributed by atoms with E-state index in [0.717, 1.165) is 12.5 Å². The van der Waals surface area contributed by atoms with Gasteiger partial charge in [-0.05, 0) is 24.6 Å². The second kappa shape index (κ2) is 9.32. The molecule has 3 rings (SSSR count). The minimum absolute atomic E-state index is 0.0341. The highest BCUT2D eigenvalue weighted by Gasteiger charge is 2.63. The number of benzene rings is 2. The van der Waals surface area contributed by atoms with Gasteiger partial charge in [0, 0.05) is 5.56 Å². The van der Waals surface area contributed by atoms with Crippen LogP contribution in [0.2, 0.25) is 5.02 Å². The molecule has 0 radical (unpaired) electrons. The molecule has 2 aromatic rings. The summed E-state index contributed by atoms with van der Waals surface area (Å²) in [6.45, 7) is 0.561. The van der Waals surface area contributed by atoms with Gasteiger partial charge in [0.25, 0.3) is 0 Å². The molecule has 0 bridgehead atoms. The number of hydrogen-bond acceptors (Lipinski definition) is 9. The Balaban J connectivity index is 1.95. The Morgan fingerprint density at radius 2 is 1.91 bits per heavy atom. The highest BCUT2D eigenvalue weighted by atomic mass is 35.5. The van der Waals surface area contributed by atoms with Crippen LogP contribution in [0.25, 0.3) is 0 Å². The number of halogens is 1.